The summed E-state index contributed by atoms with van der Waals surface area (Å²) in [5.74, 6) is -0.0992. The Balaban J connectivity index is 1.49. The zero-order valence-corrected chi connectivity index (χ0v) is 24.5. The number of likely N-dealkylation sites (N-methyl/N-ethyl adjacent to an activating group) is 1. The molecular weight excluding hydrogens is 504 g/mol. The maximum atomic E-state index is 13.0. The van der Waals surface area contributed by atoms with Crippen LogP contribution in [0.4, 0.5) is 0 Å². The highest BCUT2D eigenvalue weighted by Crippen LogP contribution is 2.55. The highest BCUT2D eigenvalue weighted by molar-refractivity contribution is 5.76. The van der Waals surface area contributed by atoms with Gasteiger partial charge in [-0.2, -0.15) is 0 Å². The van der Waals surface area contributed by atoms with Crippen molar-refractivity contribution in [1.29, 1.82) is 0 Å². The van der Waals surface area contributed by atoms with Gasteiger partial charge < -0.3 is 19.3 Å². The number of piperidine rings is 1. The number of unbranched alkanes of at least 4 members (excludes halogenated alkanes) is 2. The zero-order valence-electron chi connectivity index (χ0n) is 24.5. The second-order valence-electron chi connectivity index (χ2n) is 12.4. The van der Waals surface area contributed by atoms with Gasteiger partial charge in [0.2, 0.25) is 5.91 Å². The number of nitrogens with one attached hydrogen (secondary N) is 1. The van der Waals surface area contributed by atoms with Gasteiger partial charge in [0.1, 0.15) is 12.3 Å². The van der Waals surface area contributed by atoms with Gasteiger partial charge in [0.05, 0.1) is 20.6 Å². The third-order valence-electron chi connectivity index (χ3n) is 8.76. The van der Waals surface area contributed by atoms with E-state index < -0.39 is 11.0 Å². The molecule has 2 aromatic carbocycles. The Morgan fingerprint density at radius 3 is 2.45 bits per heavy atom. The summed E-state index contributed by atoms with van der Waals surface area (Å²) >= 11 is 0. The molecule has 1 aliphatic carbocycles. The molecule has 1 N–H and O–H groups in total. The van der Waals surface area contributed by atoms with Crippen molar-refractivity contribution in [1.82, 2.24) is 5.32 Å². The first-order chi connectivity index (χ1) is 19.0. The van der Waals surface area contributed by atoms with Gasteiger partial charge >= 0.3 is 11.9 Å². The largest absolute Gasteiger partial charge is 0.452 e. The maximum absolute atomic E-state index is 13.0. The predicted molar refractivity (Wildman–Crippen MR) is 155 cm³/mol. The quantitative estimate of drug-likeness (QED) is 0.193. The minimum atomic E-state index is -0.714. The molecule has 216 valence electrons. The van der Waals surface area contributed by atoms with Crippen LogP contribution in [0.15, 0.2) is 54.6 Å². The predicted octanol–water partition coefficient (Wildman–Crippen LogP) is 5.10. The summed E-state index contributed by atoms with van der Waals surface area (Å²) < 4.78 is 12.5. The molecule has 1 amide bonds. The van der Waals surface area contributed by atoms with Crippen molar-refractivity contribution < 1.29 is 28.3 Å². The number of fused-ring (bicyclic) bond motifs is 1. The third kappa shape index (κ3) is 7.11. The number of hydrogen-bond donors (Lipinski definition) is 1. The van der Waals surface area contributed by atoms with Crippen LogP contribution in [0.2, 0.25) is 0 Å². The number of quaternary nitrogens is 1. The van der Waals surface area contributed by atoms with Crippen molar-refractivity contribution in [3.05, 3.63) is 65.7 Å². The van der Waals surface area contributed by atoms with E-state index in [-0.39, 0.29) is 23.9 Å². The molecule has 3 atom stereocenters. The molecule has 1 aliphatic heterocycles. The number of ether oxygens (including phenoxy) is 2. The summed E-state index contributed by atoms with van der Waals surface area (Å²) in [5.41, 5.74) is 1.11. The summed E-state index contributed by atoms with van der Waals surface area (Å²) in [6, 6.07) is 18.1. The van der Waals surface area contributed by atoms with Crippen molar-refractivity contribution in [3.8, 4) is 5.75 Å². The Morgan fingerprint density at radius 1 is 0.950 bits per heavy atom. The first-order valence-electron chi connectivity index (χ1n) is 14.7. The SMILES string of the molecule is CC(=O)Oc1cccc([C@@]23CC[N+](C)(C)C[C@@]2(OC(C)=O)CC[C@H](NC(=O)CCCCCc2ccccc2)C3)c1. The first kappa shape index (κ1) is 29.8. The molecule has 7 nitrogen and oxygen atoms in total. The van der Waals surface area contributed by atoms with E-state index in [0.29, 0.717) is 31.6 Å². The molecule has 1 heterocycles. The standard InChI is InChI=1S/C33H44N2O5/c1-25(36)39-30-16-11-15-28(22-30)32-20-21-35(3,4)24-33(32,40-26(2)37)19-18-29(23-32)34-31(38)17-10-6-9-14-27-12-7-5-8-13-27/h5,7-8,11-13,15-16,22,29H,6,9-10,14,17-21,23-24H2,1-4H3/p+1/t29-,32-,33-/m0/s1. The van der Waals surface area contributed by atoms with E-state index in [4.69, 9.17) is 9.47 Å². The maximum Gasteiger partial charge on any atom is 0.308 e. The number of carbonyl (C=O) groups is 3. The Morgan fingerprint density at radius 2 is 1.73 bits per heavy atom. The molecule has 40 heavy (non-hydrogen) atoms. The van der Waals surface area contributed by atoms with E-state index in [1.165, 1.54) is 19.4 Å². The number of carbonyl (C=O) groups excluding carboxylic acids is 3. The lowest BCUT2D eigenvalue weighted by atomic mass is 9.54. The lowest BCUT2D eigenvalue weighted by Gasteiger charge is -2.60. The van der Waals surface area contributed by atoms with Gasteiger partial charge in [-0.15, -0.1) is 0 Å². The molecule has 2 aromatic rings. The molecular formula is C33H45N2O5+. The zero-order chi connectivity index (χ0) is 28.8. The van der Waals surface area contributed by atoms with Crippen LogP contribution in [-0.2, 0) is 31.0 Å². The summed E-state index contributed by atoms with van der Waals surface area (Å²) in [5, 5.41) is 3.32. The average molecular weight is 550 g/mol. The lowest BCUT2D eigenvalue weighted by Crippen LogP contribution is -2.71. The monoisotopic (exact) mass is 549 g/mol. The normalized spacial score (nSPS) is 25.4. The second-order valence-corrected chi connectivity index (χ2v) is 12.4. The molecule has 0 spiro atoms. The van der Waals surface area contributed by atoms with Crippen LogP contribution in [0.5, 0.6) is 5.75 Å². The summed E-state index contributed by atoms with van der Waals surface area (Å²) in [6.45, 7) is 4.47. The third-order valence-corrected chi connectivity index (χ3v) is 8.76. The Kier molecular flexibility index (Phi) is 9.34. The smallest absolute Gasteiger partial charge is 0.308 e. The van der Waals surface area contributed by atoms with Gasteiger partial charge in [-0.1, -0.05) is 48.9 Å². The number of hydrogen-bond acceptors (Lipinski definition) is 5. The molecule has 0 radical (unpaired) electrons. The fourth-order valence-corrected chi connectivity index (χ4v) is 7.04. The Bertz CT molecular complexity index is 1200. The topological polar surface area (TPSA) is 81.7 Å². The van der Waals surface area contributed by atoms with E-state index in [1.54, 1.807) is 6.07 Å². The van der Waals surface area contributed by atoms with Crippen molar-refractivity contribution in [2.24, 2.45) is 0 Å². The van der Waals surface area contributed by atoms with Crippen LogP contribution in [0.3, 0.4) is 0 Å². The molecule has 2 fully saturated rings. The molecule has 1 saturated carbocycles. The minimum Gasteiger partial charge on any atom is -0.452 e. The van der Waals surface area contributed by atoms with Gasteiger partial charge in [-0.3, -0.25) is 14.4 Å². The number of likely N-dealkylation sites (tertiary alicyclic amines) is 1. The van der Waals surface area contributed by atoms with E-state index >= 15 is 0 Å². The van der Waals surface area contributed by atoms with Gasteiger partial charge in [0, 0.05) is 38.1 Å². The Hall–Kier alpha value is -3.19. The molecule has 0 aromatic heterocycles. The van der Waals surface area contributed by atoms with Crippen molar-refractivity contribution in [2.45, 2.75) is 88.7 Å². The van der Waals surface area contributed by atoms with E-state index in [1.807, 2.05) is 24.3 Å². The van der Waals surface area contributed by atoms with Gasteiger partial charge in [0.25, 0.3) is 0 Å². The highest BCUT2D eigenvalue weighted by atomic mass is 16.6. The van der Waals surface area contributed by atoms with Crippen molar-refractivity contribution in [3.63, 3.8) is 0 Å². The van der Waals surface area contributed by atoms with Crippen LogP contribution in [0, 0.1) is 0 Å². The number of nitrogens with zero attached hydrogens (tertiary/aromatic N) is 1. The van der Waals surface area contributed by atoms with Gasteiger partial charge in [-0.25, -0.2) is 0 Å². The second kappa shape index (κ2) is 12.5. The molecule has 4 rings (SSSR count). The minimum absolute atomic E-state index is 0.0217. The number of amides is 1. The summed E-state index contributed by atoms with van der Waals surface area (Å²) in [6.07, 6.45) is 7.37. The number of rotatable bonds is 10. The summed E-state index contributed by atoms with van der Waals surface area (Å²) in [4.78, 5) is 37.2. The molecule has 1 saturated heterocycles. The number of benzene rings is 2. The Labute approximate surface area is 238 Å². The lowest BCUT2D eigenvalue weighted by molar-refractivity contribution is -0.904. The number of esters is 2. The van der Waals surface area contributed by atoms with Crippen LogP contribution in [0.1, 0.15) is 76.3 Å². The van der Waals surface area contributed by atoms with E-state index in [0.717, 1.165) is 55.1 Å². The fourth-order valence-electron chi connectivity index (χ4n) is 7.04. The van der Waals surface area contributed by atoms with E-state index in [2.05, 4.69) is 43.7 Å². The van der Waals surface area contributed by atoms with Crippen LogP contribution in [0.25, 0.3) is 0 Å². The summed E-state index contributed by atoms with van der Waals surface area (Å²) in [7, 11) is 4.35. The van der Waals surface area contributed by atoms with Crippen molar-refractivity contribution >= 4 is 17.8 Å². The van der Waals surface area contributed by atoms with Gasteiger partial charge in [0.15, 0.2) is 5.60 Å². The molecule has 2 aliphatic rings. The van der Waals surface area contributed by atoms with Crippen LogP contribution in [-0.4, -0.2) is 61.2 Å². The average Bonchev–Trinajstić information content (AvgIpc) is 2.88. The molecule has 7 heteroatoms. The molecule has 0 bridgehead atoms. The van der Waals surface area contributed by atoms with Crippen molar-refractivity contribution in [2.75, 3.05) is 27.2 Å². The van der Waals surface area contributed by atoms with Gasteiger partial charge in [-0.05, 0) is 61.8 Å². The van der Waals surface area contributed by atoms with Crippen LogP contribution < -0.4 is 10.1 Å². The molecule has 0 unspecified atom stereocenters. The van der Waals surface area contributed by atoms with E-state index in [9.17, 15) is 14.4 Å². The number of aryl methyl sites for hydroxylation is 1. The first-order valence-corrected chi connectivity index (χ1v) is 14.7. The fraction of sp³-hybridized carbons (Fsp3) is 0.545. The van der Waals surface area contributed by atoms with Crippen LogP contribution >= 0.6 is 0 Å². The highest BCUT2D eigenvalue weighted by Gasteiger charge is 2.64.